The molecule has 0 spiro atoms. The first-order chi connectivity index (χ1) is 13.6. The summed E-state index contributed by atoms with van der Waals surface area (Å²) in [5.74, 6) is 0.808. The molecule has 1 aliphatic carbocycles. The summed E-state index contributed by atoms with van der Waals surface area (Å²) in [6.45, 7) is 6.74. The summed E-state index contributed by atoms with van der Waals surface area (Å²) in [5.41, 5.74) is 4.44. The summed E-state index contributed by atoms with van der Waals surface area (Å²) in [5, 5.41) is 1.26. The van der Waals surface area contributed by atoms with E-state index in [9.17, 15) is 4.79 Å². The van der Waals surface area contributed by atoms with E-state index in [1.54, 1.807) is 0 Å². The zero-order valence-corrected chi connectivity index (χ0v) is 17.5. The second-order valence-electron chi connectivity index (χ2n) is 8.38. The van der Waals surface area contributed by atoms with Gasteiger partial charge < -0.3 is 4.57 Å². The molecule has 146 valence electrons. The lowest BCUT2D eigenvalue weighted by Gasteiger charge is -2.30. The molecule has 1 saturated heterocycles. The number of para-hydroxylation sites is 1. The molecule has 1 aliphatic heterocycles. The standard InChI is InChI=1S/C23H27N3OS/c1-15-13-19(16(2)26(15)18-7-8-18)21(27)14-25-11-9-17(10-12-25)23-24-20-5-3-4-6-22(20)28-23/h3-6,13,17-18H,7-12,14H2,1-2H3. The summed E-state index contributed by atoms with van der Waals surface area (Å²) in [4.78, 5) is 20.1. The predicted octanol–water partition coefficient (Wildman–Crippen LogP) is 5.11. The van der Waals surface area contributed by atoms with Crippen molar-refractivity contribution in [1.29, 1.82) is 0 Å². The number of Topliss-reactive ketones (excluding diaryl/α,β-unsaturated/α-hetero) is 1. The maximum absolute atomic E-state index is 12.9. The number of piperidine rings is 1. The van der Waals surface area contributed by atoms with Gasteiger partial charge in [-0.1, -0.05) is 12.1 Å². The lowest BCUT2D eigenvalue weighted by Crippen LogP contribution is -2.36. The molecule has 2 fully saturated rings. The fourth-order valence-electron chi connectivity index (χ4n) is 4.64. The number of rotatable bonds is 5. The minimum atomic E-state index is 0.276. The van der Waals surface area contributed by atoms with Gasteiger partial charge in [0.15, 0.2) is 5.78 Å². The number of fused-ring (bicyclic) bond motifs is 1. The number of carbonyl (C=O) groups excluding carboxylic acids is 1. The molecule has 5 heteroatoms. The Morgan fingerprint density at radius 2 is 1.89 bits per heavy atom. The fourth-order valence-corrected chi connectivity index (χ4v) is 5.78. The van der Waals surface area contributed by atoms with Crippen molar-refractivity contribution in [3.05, 3.63) is 52.3 Å². The molecule has 0 unspecified atom stereocenters. The minimum absolute atomic E-state index is 0.276. The highest BCUT2D eigenvalue weighted by Crippen LogP contribution is 2.38. The molecule has 4 nitrogen and oxygen atoms in total. The largest absolute Gasteiger partial charge is 0.345 e. The number of thiazole rings is 1. The van der Waals surface area contributed by atoms with Crippen LogP contribution in [0.25, 0.3) is 10.2 Å². The van der Waals surface area contributed by atoms with E-state index in [-0.39, 0.29) is 5.78 Å². The van der Waals surface area contributed by atoms with Gasteiger partial charge in [-0.15, -0.1) is 11.3 Å². The van der Waals surface area contributed by atoms with Gasteiger partial charge in [-0.2, -0.15) is 0 Å². The number of aromatic nitrogens is 2. The Kier molecular flexibility index (Phi) is 4.60. The molecule has 0 N–H and O–H groups in total. The van der Waals surface area contributed by atoms with Crippen LogP contribution in [0.15, 0.2) is 30.3 Å². The second kappa shape index (κ2) is 7.12. The number of ketones is 1. The topological polar surface area (TPSA) is 38.1 Å². The third-order valence-electron chi connectivity index (χ3n) is 6.31. The molecular formula is C23H27N3OS. The summed E-state index contributed by atoms with van der Waals surface area (Å²) < 4.78 is 3.65. The number of benzene rings is 1. The average molecular weight is 394 g/mol. The second-order valence-corrected chi connectivity index (χ2v) is 9.44. The highest BCUT2D eigenvalue weighted by Gasteiger charge is 2.29. The molecule has 28 heavy (non-hydrogen) atoms. The third-order valence-corrected chi connectivity index (χ3v) is 7.51. The van der Waals surface area contributed by atoms with Crippen molar-refractivity contribution in [3.8, 4) is 0 Å². The van der Waals surface area contributed by atoms with Gasteiger partial charge in [0.05, 0.1) is 21.8 Å². The molecule has 2 aromatic heterocycles. The summed E-state index contributed by atoms with van der Waals surface area (Å²) in [6, 6.07) is 11.1. The molecule has 2 aliphatic rings. The van der Waals surface area contributed by atoms with Crippen LogP contribution in [0.5, 0.6) is 0 Å². The molecule has 0 atom stereocenters. The van der Waals surface area contributed by atoms with Crippen molar-refractivity contribution in [2.24, 2.45) is 0 Å². The summed E-state index contributed by atoms with van der Waals surface area (Å²) in [6.07, 6.45) is 4.69. The molecule has 0 amide bonds. The Morgan fingerprint density at radius 3 is 2.61 bits per heavy atom. The fraction of sp³-hybridized carbons (Fsp3) is 0.478. The van der Waals surface area contributed by atoms with Crippen molar-refractivity contribution >= 4 is 27.3 Å². The first-order valence-electron chi connectivity index (χ1n) is 10.4. The van der Waals surface area contributed by atoms with E-state index in [1.807, 2.05) is 11.3 Å². The molecular weight excluding hydrogens is 366 g/mol. The zero-order chi connectivity index (χ0) is 19.3. The number of hydrogen-bond acceptors (Lipinski definition) is 4. The number of likely N-dealkylation sites (tertiary alicyclic amines) is 1. The van der Waals surface area contributed by atoms with E-state index in [2.05, 4.69) is 53.6 Å². The first-order valence-corrected chi connectivity index (χ1v) is 11.2. The zero-order valence-electron chi connectivity index (χ0n) is 16.6. The van der Waals surface area contributed by atoms with Crippen molar-refractivity contribution in [3.63, 3.8) is 0 Å². The molecule has 3 heterocycles. The van der Waals surface area contributed by atoms with Crippen LogP contribution in [0.4, 0.5) is 0 Å². The monoisotopic (exact) mass is 393 g/mol. The van der Waals surface area contributed by atoms with Crippen LogP contribution >= 0.6 is 11.3 Å². The smallest absolute Gasteiger partial charge is 0.178 e. The molecule has 1 aromatic carbocycles. The highest BCUT2D eigenvalue weighted by molar-refractivity contribution is 7.18. The SMILES string of the molecule is Cc1cc(C(=O)CN2CCC(c3nc4ccccc4s3)CC2)c(C)n1C1CC1. The van der Waals surface area contributed by atoms with E-state index < -0.39 is 0 Å². The van der Waals surface area contributed by atoms with E-state index in [0.29, 0.717) is 18.5 Å². The van der Waals surface area contributed by atoms with Crippen molar-refractivity contribution < 1.29 is 4.79 Å². The minimum Gasteiger partial charge on any atom is -0.345 e. The summed E-state index contributed by atoms with van der Waals surface area (Å²) in [7, 11) is 0. The van der Waals surface area contributed by atoms with Crippen LogP contribution in [0, 0.1) is 13.8 Å². The van der Waals surface area contributed by atoms with Gasteiger partial charge in [0.1, 0.15) is 0 Å². The van der Waals surface area contributed by atoms with Gasteiger partial charge >= 0.3 is 0 Å². The van der Waals surface area contributed by atoms with Gasteiger partial charge in [0.25, 0.3) is 0 Å². The molecule has 1 saturated carbocycles. The maximum Gasteiger partial charge on any atom is 0.178 e. The van der Waals surface area contributed by atoms with Crippen LogP contribution in [-0.4, -0.2) is 39.9 Å². The predicted molar refractivity (Wildman–Crippen MR) is 115 cm³/mol. The lowest BCUT2D eigenvalue weighted by atomic mass is 9.97. The van der Waals surface area contributed by atoms with E-state index in [0.717, 1.165) is 42.7 Å². The van der Waals surface area contributed by atoms with Crippen LogP contribution < -0.4 is 0 Å². The lowest BCUT2D eigenvalue weighted by molar-refractivity contribution is 0.0908. The third kappa shape index (κ3) is 3.31. The molecule has 3 aromatic rings. The number of aryl methyl sites for hydroxylation is 1. The van der Waals surface area contributed by atoms with E-state index >= 15 is 0 Å². The van der Waals surface area contributed by atoms with Crippen LogP contribution in [0.1, 0.15) is 64.4 Å². The number of hydrogen-bond donors (Lipinski definition) is 0. The Labute approximate surface area is 170 Å². The van der Waals surface area contributed by atoms with Gasteiger partial charge in [0, 0.05) is 28.9 Å². The normalized spacial score (nSPS) is 18.8. The Balaban J connectivity index is 1.22. The van der Waals surface area contributed by atoms with Gasteiger partial charge in [-0.3, -0.25) is 9.69 Å². The first kappa shape index (κ1) is 18.1. The van der Waals surface area contributed by atoms with Crippen LogP contribution in [0.3, 0.4) is 0 Å². The quantitative estimate of drug-likeness (QED) is 0.565. The van der Waals surface area contributed by atoms with E-state index in [1.165, 1.54) is 28.2 Å². The number of carbonyl (C=O) groups is 1. The Hall–Kier alpha value is -1.98. The molecule has 0 bridgehead atoms. The number of nitrogens with zero attached hydrogens (tertiary/aromatic N) is 3. The Morgan fingerprint density at radius 1 is 1.14 bits per heavy atom. The van der Waals surface area contributed by atoms with Gasteiger partial charge in [-0.25, -0.2) is 4.98 Å². The van der Waals surface area contributed by atoms with E-state index in [4.69, 9.17) is 4.98 Å². The van der Waals surface area contributed by atoms with Crippen LogP contribution in [-0.2, 0) is 0 Å². The van der Waals surface area contributed by atoms with Crippen molar-refractivity contribution in [1.82, 2.24) is 14.5 Å². The van der Waals surface area contributed by atoms with Gasteiger partial charge in [-0.05, 0) is 70.8 Å². The average Bonchev–Trinajstić information content (AvgIpc) is 3.35. The van der Waals surface area contributed by atoms with Crippen molar-refractivity contribution in [2.75, 3.05) is 19.6 Å². The summed E-state index contributed by atoms with van der Waals surface area (Å²) >= 11 is 1.83. The molecule has 5 rings (SSSR count). The Bertz CT molecular complexity index is 989. The maximum atomic E-state index is 12.9. The van der Waals surface area contributed by atoms with Gasteiger partial charge in [0.2, 0.25) is 0 Å². The van der Waals surface area contributed by atoms with Crippen molar-refractivity contribution in [2.45, 2.75) is 51.5 Å². The highest BCUT2D eigenvalue weighted by atomic mass is 32.1. The van der Waals surface area contributed by atoms with Crippen LogP contribution in [0.2, 0.25) is 0 Å². The molecule has 0 radical (unpaired) electrons.